The normalized spacial score (nSPS) is 11.7. The Balaban J connectivity index is 1.97. The molecule has 0 fully saturated rings. The maximum atomic E-state index is 13.0. The lowest BCUT2D eigenvalue weighted by Gasteiger charge is -2.20. The molecule has 1 N–H and O–H groups in total. The average molecular weight is 366 g/mol. The Morgan fingerprint density at radius 2 is 2.07 bits per heavy atom. The monoisotopic (exact) mass is 366 g/mol. The molecule has 0 saturated heterocycles. The zero-order chi connectivity index (χ0) is 19.2. The molecular weight excluding hydrogens is 344 g/mol. The number of carbonyl (C=O) groups excluding carboxylic acids is 1. The summed E-state index contributed by atoms with van der Waals surface area (Å²) < 4.78 is 12.7. The number of nitrogens with one attached hydrogen (secondary N) is 1. The molecule has 0 radical (unpaired) electrons. The maximum absolute atomic E-state index is 13.0. The van der Waals surface area contributed by atoms with Gasteiger partial charge < -0.3 is 19.4 Å². The van der Waals surface area contributed by atoms with Crippen molar-refractivity contribution in [2.24, 2.45) is 7.05 Å². The first-order chi connectivity index (χ1) is 13.1. The average Bonchev–Trinajstić information content (AvgIpc) is 3.12. The number of pyridine rings is 1. The molecule has 0 bridgehead atoms. The molecule has 7 nitrogen and oxygen atoms in total. The van der Waals surface area contributed by atoms with E-state index in [0.29, 0.717) is 29.6 Å². The molecular formula is C20H22N4O3. The van der Waals surface area contributed by atoms with Crippen LogP contribution in [-0.4, -0.2) is 34.2 Å². The fraction of sp³-hybridized carbons (Fsp3) is 0.250. The molecule has 140 valence electrons. The number of imidazole rings is 1. The third-order valence-corrected chi connectivity index (χ3v) is 4.12. The van der Waals surface area contributed by atoms with Crippen molar-refractivity contribution in [3.63, 3.8) is 0 Å². The van der Waals surface area contributed by atoms with Crippen LogP contribution in [0.3, 0.4) is 0 Å². The minimum Gasteiger partial charge on any atom is -0.497 e. The quantitative estimate of drug-likeness (QED) is 0.696. The fourth-order valence-electron chi connectivity index (χ4n) is 2.80. The zero-order valence-corrected chi connectivity index (χ0v) is 15.5. The van der Waals surface area contributed by atoms with E-state index in [9.17, 15) is 4.79 Å². The Morgan fingerprint density at radius 1 is 1.22 bits per heavy atom. The Bertz CT molecular complexity index is 923. The number of aryl methyl sites for hydroxylation is 1. The number of nitrogens with zero attached hydrogens (tertiary/aromatic N) is 3. The predicted octanol–water partition coefficient (Wildman–Crippen LogP) is 2.74. The highest BCUT2D eigenvalue weighted by molar-refractivity contribution is 5.96. The molecule has 1 aromatic carbocycles. The highest BCUT2D eigenvalue weighted by atomic mass is 16.5. The molecule has 2 heterocycles. The van der Waals surface area contributed by atoms with E-state index in [4.69, 9.17) is 9.47 Å². The molecule has 7 heteroatoms. The van der Waals surface area contributed by atoms with Crippen molar-refractivity contribution >= 4 is 5.91 Å². The van der Waals surface area contributed by atoms with Gasteiger partial charge in [0.1, 0.15) is 23.2 Å². The van der Waals surface area contributed by atoms with Crippen LogP contribution in [-0.2, 0) is 7.05 Å². The summed E-state index contributed by atoms with van der Waals surface area (Å²) in [5.41, 5.74) is 1.24. The van der Waals surface area contributed by atoms with Crippen molar-refractivity contribution in [1.29, 1.82) is 0 Å². The molecule has 0 spiro atoms. The maximum Gasteiger partial charge on any atom is 0.257 e. The second-order valence-electron chi connectivity index (χ2n) is 5.87. The largest absolute Gasteiger partial charge is 0.497 e. The summed E-state index contributed by atoms with van der Waals surface area (Å²) in [7, 11) is 3.49. The van der Waals surface area contributed by atoms with E-state index >= 15 is 0 Å². The minimum atomic E-state index is -0.456. The third-order valence-electron chi connectivity index (χ3n) is 4.12. The molecule has 3 rings (SSSR count). The summed E-state index contributed by atoms with van der Waals surface area (Å²) in [4.78, 5) is 21.6. The molecule has 0 aliphatic rings. The van der Waals surface area contributed by atoms with Crippen LogP contribution in [0.15, 0.2) is 55.0 Å². The Morgan fingerprint density at radius 3 is 2.78 bits per heavy atom. The van der Waals surface area contributed by atoms with Crippen LogP contribution < -0.4 is 14.8 Å². The summed E-state index contributed by atoms with van der Waals surface area (Å²) >= 11 is 0. The van der Waals surface area contributed by atoms with E-state index in [-0.39, 0.29) is 5.91 Å². The van der Waals surface area contributed by atoms with Gasteiger partial charge in [0.15, 0.2) is 0 Å². The second kappa shape index (κ2) is 8.35. The van der Waals surface area contributed by atoms with E-state index in [1.807, 2.05) is 49.0 Å². The highest BCUT2D eigenvalue weighted by Crippen LogP contribution is 2.25. The lowest BCUT2D eigenvalue weighted by molar-refractivity contribution is 0.0936. The molecule has 0 aliphatic carbocycles. The first kappa shape index (κ1) is 18.4. The number of benzene rings is 1. The van der Waals surface area contributed by atoms with Gasteiger partial charge in [-0.15, -0.1) is 0 Å². The van der Waals surface area contributed by atoms with Gasteiger partial charge in [-0.1, -0.05) is 12.1 Å². The lowest BCUT2D eigenvalue weighted by Crippen LogP contribution is -2.31. The lowest BCUT2D eigenvalue weighted by atomic mass is 10.0. The van der Waals surface area contributed by atoms with Crippen LogP contribution in [0.5, 0.6) is 11.6 Å². The van der Waals surface area contributed by atoms with E-state index < -0.39 is 6.04 Å². The zero-order valence-electron chi connectivity index (χ0n) is 15.5. The van der Waals surface area contributed by atoms with Crippen molar-refractivity contribution in [2.75, 3.05) is 13.7 Å². The number of ether oxygens (including phenoxy) is 2. The fourth-order valence-corrected chi connectivity index (χ4v) is 2.80. The minimum absolute atomic E-state index is 0.289. The number of aromatic nitrogens is 3. The van der Waals surface area contributed by atoms with Crippen LogP contribution >= 0.6 is 0 Å². The molecule has 27 heavy (non-hydrogen) atoms. The third kappa shape index (κ3) is 4.08. The predicted molar refractivity (Wildman–Crippen MR) is 101 cm³/mol. The summed E-state index contributed by atoms with van der Waals surface area (Å²) in [6.07, 6.45) is 5.13. The van der Waals surface area contributed by atoms with Crippen LogP contribution in [0.4, 0.5) is 0 Å². The first-order valence-corrected chi connectivity index (χ1v) is 8.64. The number of carbonyl (C=O) groups is 1. The van der Waals surface area contributed by atoms with E-state index in [1.165, 1.54) is 0 Å². The molecule has 0 unspecified atom stereocenters. The SMILES string of the molecule is CCOc1ncccc1C(=O)N[C@@H](c1cccc(OC)c1)c1nccn1C. The van der Waals surface area contributed by atoms with Gasteiger partial charge in [0, 0.05) is 25.6 Å². The van der Waals surface area contributed by atoms with Crippen LogP contribution in [0, 0.1) is 0 Å². The highest BCUT2D eigenvalue weighted by Gasteiger charge is 2.23. The smallest absolute Gasteiger partial charge is 0.257 e. The van der Waals surface area contributed by atoms with Crippen molar-refractivity contribution in [1.82, 2.24) is 19.9 Å². The number of methoxy groups -OCH3 is 1. The van der Waals surface area contributed by atoms with E-state index in [0.717, 1.165) is 5.56 Å². The number of hydrogen-bond acceptors (Lipinski definition) is 5. The summed E-state index contributed by atoms with van der Waals surface area (Å²) in [5.74, 6) is 1.43. The van der Waals surface area contributed by atoms with E-state index in [1.54, 1.807) is 31.6 Å². The summed E-state index contributed by atoms with van der Waals surface area (Å²) in [5, 5.41) is 3.05. The molecule has 1 amide bonds. The molecule has 2 aromatic heterocycles. The van der Waals surface area contributed by atoms with Crippen molar-refractivity contribution in [3.8, 4) is 11.6 Å². The molecule has 0 aliphatic heterocycles. The molecule has 1 atom stereocenters. The molecule has 3 aromatic rings. The first-order valence-electron chi connectivity index (χ1n) is 8.64. The number of rotatable bonds is 7. The number of amides is 1. The van der Waals surface area contributed by atoms with Crippen LogP contribution in [0.25, 0.3) is 0 Å². The topological polar surface area (TPSA) is 78.3 Å². The van der Waals surface area contributed by atoms with Crippen molar-refractivity contribution in [2.45, 2.75) is 13.0 Å². The van der Waals surface area contributed by atoms with Crippen molar-refractivity contribution < 1.29 is 14.3 Å². The summed E-state index contributed by atoms with van der Waals surface area (Å²) in [6, 6.07) is 10.5. The van der Waals surface area contributed by atoms with Crippen LogP contribution in [0.2, 0.25) is 0 Å². The van der Waals surface area contributed by atoms with Gasteiger partial charge in [-0.2, -0.15) is 0 Å². The Labute approximate surface area is 158 Å². The van der Waals surface area contributed by atoms with Gasteiger partial charge in [-0.05, 0) is 36.8 Å². The Hall–Kier alpha value is -3.35. The molecule has 0 saturated carbocycles. The Kier molecular flexibility index (Phi) is 5.71. The van der Waals surface area contributed by atoms with Gasteiger partial charge in [-0.3, -0.25) is 4.79 Å². The standard InChI is InChI=1S/C20H22N4O3/c1-4-27-20-16(9-6-10-22-20)19(25)23-17(18-21-11-12-24(18)2)14-7-5-8-15(13-14)26-3/h5-13,17H,4H2,1-3H3,(H,23,25)/t17-/m0/s1. The van der Waals surface area contributed by atoms with Gasteiger partial charge in [0.05, 0.1) is 13.7 Å². The van der Waals surface area contributed by atoms with Crippen LogP contribution in [0.1, 0.15) is 34.7 Å². The summed E-state index contributed by atoms with van der Waals surface area (Å²) in [6.45, 7) is 2.28. The van der Waals surface area contributed by atoms with E-state index in [2.05, 4.69) is 15.3 Å². The van der Waals surface area contributed by atoms with Crippen molar-refractivity contribution in [3.05, 3.63) is 71.9 Å². The second-order valence-corrected chi connectivity index (χ2v) is 5.87. The number of hydrogen-bond donors (Lipinski definition) is 1. The van der Waals surface area contributed by atoms with Gasteiger partial charge >= 0.3 is 0 Å². The van der Waals surface area contributed by atoms with Gasteiger partial charge in [0.25, 0.3) is 5.91 Å². The van der Waals surface area contributed by atoms with Gasteiger partial charge in [0.2, 0.25) is 5.88 Å². The van der Waals surface area contributed by atoms with Gasteiger partial charge in [-0.25, -0.2) is 9.97 Å².